The smallest absolute Gasteiger partial charge is 0.133 e. The fourth-order valence-electron chi connectivity index (χ4n) is 1.63. The van der Waals surface area contributed by atoms with Crippen molar-refractivity contribution in [2.45, 2.75) is 52.6 Å². The van der Waals surface area contributed by atoms with Gasteiger partial charge in [-0.25, -0.2) is 9.97 Å². The van der Waals surface area contributed by atoms with Crippen molar-refractivity contribution in [3.05, 3.63) is 11.9 Å². The molecule has 0 aliphatic heterocycles. The Bertz CT molecular complexity index is 370. The summed E-state index contributed by atoms with van der Waals surface area (Å²) in [5.74, 6) is 2.48. The molecule has 5 heteroatoms. The zero-order valence-corrected chi connectivity index (χ0v) is 12.2. The lowest BCUT2D eigenvalue weighted by Gasteiger charge is -2.13. The summed E-state index contributed by atoms with van der Waals surface area (Å²) in [5.41, 5.74) is 0. The highest BCUT2D eigenvalue weighted by Crippen LogP contribution is 2.13. The summed E-state index contributed by atoms with van der Waals surface area (Å²) in [5, 5.41) is 16.0. The van der Waals surface area contributed by atoms with Gasteiger partial charge in [-0.05, 0) is 19.3 Å². The number of aliphatic hydroxyl groups is 1. The first-order chi connectivity index (χ1) is 9.19. The van der Waals surface area contributed by atoms with E-state index < -0.39 is 0 Å². The number of anilines is 2. The summed E-state index contributed by atoms with van der Waals surface area (Å²) in [6.07, 6.45) is 3.35. The first-order valence-corrected chi connectivity index (χ1v) is 7.23. The summed E-state index contributed by atoms with van der Waals surface area (Å²) in [4.78, 5) is 8.95. The molecule has 0 aliphatic rings. The molecule has 108 valence electrons. The minimum absolute atomic E-state index is 0.336. The maximum atomic E-state index is 9.58. The van der Waals surface area contributed by atoms with E-state index in [0.29, 0.717) is 6.54 Å². The predicted molar refractivity (Wildman–Crippen MR) is 79.6 cm³/mol. The SMILES string of the molecule is CCCNc1cc(NCC(O)CC)nc(CCC)n1. The third kappa shape index (κ3) is 5.87. The van der Waals surface area contributed by atoms with Crippen molar-refractivity contribution in [2.24, 2.45) is 0 Å². The fraction of sp³-hybridized carbons (Fsp3) is 0.714. The topological polar surface area (TPSA) is 70.1 Å². The minimum Gasteiger partial charge on any atom is -0.391 e. The third-order valence-electron chi connectivity index (χ3n) is 2.79. The molecule has 0 saturated heterocycles. The second-order valence-corrected chi connectivity index (χ2v) is 4.67. The van der Waals surface area contributed by atoms with Crippen LogP contribution in [0.3, 0.4) is 0 Å². The number of aromatic nitrogens is 2. The first-order valence-electron chi connectivity index (χ1n) is 7.23. The average Bonchev–Trinajstić information content (AvgIpc) is 2.42. The largest absolute Gasteiger partial charge is 0.391 e. The Morgan fingerprint density at radius 3 is 2.37 bits per heavy atom. The van der Waals surface area contributed by atoms with Gasteiger partial charge in [0.25, 0.3) is 0 Å². The van der Waals surface area contributed by atoms with E-state index in [1.165, 1.54) is 0 Å². The summed E-state index contributed by atoms with van der Waals surface area (Å²) in [7, 11) is 0. The molecular formula is C14H26N4O. The Labute approximate surface area is 115 Å². The van der Waals surface area contributed by atoms with Crippen LogP contribution in [0.1, 0.15) is 45.9 Å². The van der Waals surface area contributed by atoms with Crippen LogP contribution in [0.2, 0.25) is 0 Å². The Morgan fingerprint density at radius 2 is 1.79 bits per heavy atom. The predicted octanol–water partition coefficient (Wildman–Crippen LogP) is 2.43. The second-order valence-electron chi connectivity index (χ2n) is 4.67. The number of nitrogens with zero attached hydrogens (tertiary/aromatic N) is 2. The number of nitrogens with one attached hydrogen (secondary N) is 2. The van der Waals surface area contributed by atoms with E-state index in [1.807, 2.05) is 13.0 Å². The van der Waals surface area contributed by atoms with Gasteiger partial charge in [0.05, 0.1) is 6.10 Å². The van der Waals surface area contributed by atoms with E-state index in [0.717, 1.165) is 49.7 Å². The summed E-state index contributed by atoms with van der Waals surface area (Å²) in [6, 6.07) is 1.90. The molecule has 1 rings (SSSR count). The van der Waals surface area contributed by atoms with Crippen molar-refractivity contribution >= 4 is 11.6 Å². The van der Waals surface area contributed by atoms with Gasteiger partial charge in [-0.1, -0.05) is 20.8 Å². The van der Waals surface area contributed by atoms with Gasteiger partial charge in [-0.3, -0.25) is 0 Å². The van der Waals surface area contributed by atoms with E-state index >= 15 is 0 Å². The number of rotatable bonds is 9. The lowest BCUT2D eigenvalue weighted by molar-refractivity contribution is 0.183. The van der Waals surface area contributed by atoms with E-state index in [4.69, 9.17) is 0 Å². The number of aliphatic hydroxyl groups excluding tert-OH is 1. The maximum absolute atomic E-state index is 9.58. The number of hydrogen-bond donors (Lipinski definition) is 3. The molecule has 1 unspecified atom stereocenters. The molecule has 1 heterocycles. The van der Waals surface area contributed by atoms with Gasteiger partial charge in [0, 0.05) is 25.6 Å². The summed E-state index contributed by atoms with van der Waals surface area (Å²) < 4.78 is 0. The van der Waals surface area contributed by atoms with Crippen molar-refractivity contribution in [3.63, 3.8) is 0 Å². The highest BCUT2D eigenvalue weighted by molar-refractivity contribution is 5.47. The van der Waals surface area contributed by atoms with Crippen LogP contribution in [0.25, 0.3) is 0 Å². The monoisotopic (exact) mass is 266 g/mol. The second kappa shape index (κ2) is 8.69. The fourth-order valence-corrected chi connectivity index (χ4v) is 1.63. The van der Waals surface area contributed by atoms with Crippen molar-refractivity contribution in [3.8, 4) is 0 Å². The molecule has 1 aromatic heterocycles. The van der Waals surface area contributed by atoms with Crippen LogP contribution in [-0.2, 0) is 6.42 Å². The van der Waals surface area contributed by atoms with Gasteiger partial charge in [-0.2, -0.15) is 0 Å². The highest BCUT2D eigenvalue weighted by Gasteiger charge is 2.06. The zero-order valence-electron chi connectivity index (χ0n) is 12.2. The molecule has 0 fully saturated rings. The molecule has 5 nitrogen and oxygen atoms in total. The molecule has 0 radical (unpaired) electrons. The lowest BCUT2D eigenvalue weighted by Crippen LogP contribution is -2.19. The molecule has 0 saturated carbocycles. The molecule has 1 aromatic rings. The minimum atomic E-state index is -0.336. The Balaban J connectivity index is 2.73. The normalized spacial score (nSPS) is 12.2. The Morgan fingerprint density at radius 1 is 1.11 bits per heavy atom. The van der Waals surface area contributed by atoms with Crippen LogP contribution in [0.15, 0.2) is 6.07 Å². The van der Waals surface area contributed by atoms with Crippen molar-refractivity contribution in [1.82, 2.24) is 9.97 Å². The van der Waals surface area contributed by atoms with Crippen molar-refractivity contribution in [2.75, 3.05) is 23.7 Å². The van der Waals surface area contributed by atoms with Gasteiger partial charge in [-0.15, -0.1) is 0 Å². The van der Waals surface area contributed by atoms with Crippen LogP contribution in [0, 0.1) is 0 Å². The van der Waals surface area contributed by atoms with Crippen LogP contribution >= 0.6 is 0 Å². The molecule has 1 atom stereocenters. The molecule has 3 N–H and O–H groups in total. The third-order valence-corrected chi connectivity index (χ3v) is 2.79. The molecule has 19 heavy (non-hydrogen) atoms. The van der Waals surface area contributed by atoms with Gasteiger partial charge in [0.15, 0.2) is 0 Å². The zero-order chi connectivity index (χ0) is 14.1. The molecular weight excluding hydrogens is 240 g/mol. The lowest BCUT2D eigenvalue weighted by atomic mass is 10.3. The summed E-state index contributed by atoms with van der Waals surface area (Å²) in [6.45, 7) is 7.62. The average molecular weight is 266 g/mol. The molecule has 0 spiro atoms. The van der Waals surface area contributed by atoms with Crippen LogP contribution in [-0.4, -0.2) is 34.3 Å². The van der Waals surface area contributed by atoms with Gasteiger partial charge in [0.2, 0.25) is 0 Å². The maximum Gasteiger partial charge on any atom is 0.133 e. The van der Waals surface area contributed by atoms with E-state index in [-0.39, 0.29) is 6.10 Å². The van der Waals surface area contributed by atoms with Gasteiger partial charge < -0.3 is 15.7 Å². The Kier molecular flexibility index (Phi) is 7.18. The summed E-state index contributed by atoms with van der Waals surface area (Å²) >= 11 is 0. The van der Waals surface area contributed by atoms with Crippen LogP contribution in [0.4, 0.5) is 11.6 Å². The van der Waals surface area contributed by atoms with Crippen molar-refractivity contribution in [1.29, 1.82) is 0 Å². The van der Waals surface area contributed by atoms with Gasteiger partial charge >= 0.3 is 0 Å². The Hall–Kier alpha value is -1.36. The van der Waals surface area contributed by atoms with E-state index in [2.05, 4.69) is 34.4 Å². The van der Waals surface area contributed by atoms with Crippen LogP contribution in [0.5, 0.6) is 0 Å². The number of hydrogen-bond acceptors (Lipinski definition) is 5. The van der Waals surface area contributed by atoms with Crippen molar-refractivity contribution < 1.29 is 5.11 Å². The van der Waals surface area contributed by atoms with E-state index in [1.54, 1.807) is 0 Å². The molecule has 0 amide bonds. The molecule has 0 aromatic carbocycles. The molecule has 0 bridgehead atoms. The highest BCUT2D eigenvalue weighted by atomic mass is 16.3. The van der Waals surface area contributed by atoms with E-state index in [9.17, 15) is 5.11 Å². The first kappa shape index (κ1) is 15.7. The standard InChI is InChI=1S/C14H26N4O/c1-4-7-12-17-13(15-8-5-2)9-14(18-12)16-10-11(19)6-3/h9,11,19H,4-8,10H2,1-3H3,(H2,15,16,17,18). The quantitative estimate of drug-likeness (QED) is 0.640. The number of aryl methyl sites for hydroxylation is 1. The molecule has 0 aliphatic carbocycles. The van der Waals surface area contributed by atoms with Crippen LogP contribution < -0.4 is 10.6 Å². The van der Waals surface area contributed by atoms with Gasteiger partial charge in [0.1, 0.15) is 17.5 Å².